The van der Waals surface area contributed by atoms with Crippen molar-refractivity contribution >= 4 is 42.5 Å². The number of fused-ring (bicyclic) bond motifs is 1. The van der Waals surface area contributed by atoms with Crippen LogP contribution in [-0.2, 0) is 10.0 Å². The maximum absolute atomic E-state index is 12.7. The predicted molar refractivity (Wildman–Crippen MR) is 116 cm³/mol. The molecule has 4 rings (SSSR count). The first-order chi connectivity index (χ1) is 13.9. The number of thiazole rings is 1. The SMILES string of the molecule is Cc1ccc2nc(NCC(=O)c3ccc(S(=O)(=O)N4CCCCC4)cc3)sc2c1. The number of rotatable bonds is 6. The van der Waals surface area contributed by atoms with Crippen LogP contribution in [-0.4, -0.2) is 43.1 Å². The minimum Gasteiger partial charge on any atom is -0.354 e. The van der Waals surface area contributed by atoms with E-state index in [2.05, 4.69) is 16.4 Å². The maximum Gasteiger partial charge on any atom is 0.243 e. The summed E-state index contributed by atoms with van der Waals surface area (Å²) in [6, 6.07) is 12.3. The monoisotopic (exact) mass is 429 g/mol. The van der Waals surface area contributed by atoms with Gasteiger partial charge in [0.2, 0.25) is 10.0 Å². The Kier molecular flexibility index (Phi) is 5.67. The third kappa shape index (κ3) is 4.34. The largest absolute Gasteiger partial charge is 0.354 e. The standard InChI is InChI=1S/C21H23N3O3S2/c1-15-5-10-18-20(13-15)28-21(23-18)22-14-19(25)16-6-8-17(9-7-16)29(26,27)24-11-3-2-4-12-24/h5-10,13H,2-4,11-12,14H2,1H3,(H,22,23). The van der Waals surface area contributed by atoms with Crippen LogP contribution in [0.5, 0.6) is 0 Å². The van der Waals surface area contributed by atoms with E-state index in [-0.39, 0.29) is 17.2 Å². The van der Waals surface area contributed by atoms with Crippen molar-refractivity contribution in [2.45, 2.75) is 31.1 Å². The molecule has 152 valence electrons. The van der Waals surface area contributed by atoms with E-state index in [1.807, 2.05) is 19.1 Å². The molecule has 0 aliphatic carbocycles. The molecule has 1 aromatic heterocycles. The number of hydrogen-bond acceptors (Lipinski definition) is 6. The number of carbonyl (C=O) groups excluding carboxylic acids is 1. The molecule has 1 aliphatic heterocycles. The van der Waals surface area contributed by atoms with E-state index in [0.29, 0.717) is 23.8 Å². The molecule has 1 saturated heterocycles. The Labute approximate surface area is 174 Å². The lowest BCUT2D eigenvalue weighted by Crippen LogP contribution is -2.35. The molecule has 0 atom stereocenters. The van der Waals surface area contributed by atoms with E-state index in [9.17, 15) is 13.2 Å². The summed E-state index contributed by atoms with van der Waals surface area (Å²) < 4.78 is 28.0. The van der Waals surface area contributed by atoms with Gasteiger partial charge in [-0.3, -0.25) is 4.79 Å². The number of Topliss-reactive ketones (excluding diaryl/α,β-unsaturated/α-hetero) is 1. The lowest BCUT2D eigenvalue weighted by atomic mass is 10.1. The number of carbonyl (C=O) groups is 1. The molecule has 1 fully saturated rings. The zero-order chi connectivity index (χ0) is 20.4. The predicted octanol–water partition coefficient (Wildman–Crippen LogP) is 4.07. The first kappa shape index (κ1) is 20.0. The summed E-state index contributed by atoms with van der Waals surface area (Å²) >= 11 is 1.51. The van der Waals surface area contributed by atoms with Crippen LogP contribution in [0.4, 0.5) is 5.13 Å². The summed E-state index contributed by atoms with van der Waals surface area (Å²) in [5.41, 5.74) is 2.55. The summed E-state index contributed by atoms with van der Waals surface area (Å²) in [5, 5.41) is 3.78. The van der Waals surface area contributed by atoms with Crippen molar-refractivity contribution in [2.75, 3.05) is 25.0 Å². The van der Waals surface area contributed by atoms with Crippen molar-refractivity contribution in [3.8, 4) is 0 Å². The summed E-state index contributed by atoms with van der Waals surface area (Å²) in [6.07, 6.45) is 2.86. The Morgan fingerprint density at radius 2 is 1.83 bits per heavy atom. The van der Waals surface area contributed by atoms with Gasteiger partial charge in [-0.05, 0) is 61.7 Å². The number of benzene rings is 2. The highest BCUT2D eigenvalue weighted by Gasteiger charge is 2.25. The molecule has 0 radical (unpaired) electrons. The van der Waals surface area contributed by atoms with Gasteiger partial charge in [0.15, 0.2) is 10.9 Å². The van der Waals surface area contributed by atoms with Crippen LogP contribution in [0, 0.1) is 6.92 Å². The van der Waals surface area contributed by atoms with Crippen molar-refractivity contribution in [1.82, 2.24) is 9.29 Å². The molecule has 29 heavy (non-hydrogen) atoms. The quantitative estimate of drug-likeness (QED) is 0.598. The molecule has 1 aliphatic rings. The van der Waals surface area contributed by atoms with Gasteiger partial charge in [0.25, 0.3) is 0 Å². The van der Waals surface area contributed by atoms with E-state index in [1.54, 1.807) is 12.1 Å². The third-order valence-corrected chi connectivity index (χ3v) is 7.96. The average Bonchev–Trinajstić information content (AvgIpc) is 3.14. The van der Waals surface area contributed by atoms with Gasteiger partial charge in [0.1, 0.15) is 0 Å². The molecule has 6 nitrogen and oxygen atoms in total. The molecule has 3 aromatic rings. The number of ketones is 1. The highest BCUT2D eigenvalue weighted by Crippen LogP contribution is 2.26. The fourth-order valence-corrected chi connectivity index (χ4v) is 5.91. The summed E-state index contributed by atoms with van der Waals surface area (Å²) in [5.74, 6) is -0.109. The van der Waals surface area contributed by atoms with Gasteiger partial charge in [-0.25, -0.2) is 13.4 Å². The minimum atomic E-state index is -3.48. The summed E-state index contributed by atoms with van der Waals surface area (Å²) in [6.45, 7) is 3.27. The van der Waals surface area contributed by atoms with Crippen LogP contribution in [0.25, 0.3) is 10.2 Å². The molecule has 8 heteroatoms. The first-order valence-electron chi connectivity index (χ1n) is 9.68. The van der Waals surface area contributed by atoms with E-state index < -0.39 is 10.0 Å². The normalized spacial score (nSPS) is 15.5. The highest BCUT2D eigenvalue weighted by atomic mass is 32.2. The van der Waals surface area contributed by atoms with Crippen molar-refractivity contribution in [3.05, 3.63) is 53.6 Å². The second-order valence-electron chi connectivity index (χ2n) is 7.26. The Bertz CT molecular complexity index is 1130. The second-order valence-corrected chi connectivity index (χ2v) is 10.2. The molecule has 0 saturated carbocycles. The summed E-state index contributed by atoms with van der Waals surface area (Å²) in [4.78, 5) is 17.2. The van der Waals surface area contributed by atoms with Crippen LogP contribution >= 0.6 is 11.3 Å². The Morgan fingerprint density at radius 3 is 2.55 bits per heavy atom. The fourth-order valence-electron chi connectivity index (χ4n) is 3.43. The van der Waals surface area contributed by atoms with Gasteiger partial charge in [-0.1, -0.05) is 23.8 Å². The lowest BCUT2D eigenvalue weighted by Gasteiger charge is -2.25. The molecular weight excluding hydrogens is 406 g/mol. The van der Waals surface area contributed by atoms with Crippen molar-refractivity contribution in [1.29, 1.82) is 0 Å². The number of aryl methyl sites for hydroxylation is 1. The number of nitrogens with zero attached hydrogens (tertiary/aromatic N) is 2. The number of sulfonamides is 1. The van der Waals surface area contributed by atoms with Crippen LogP contribution in [0.1, 0.15) is 35.2 Å². The van der Waals surface area contributed by atoms with Gasteiger partial charge < -0.3 is 5.32 Å². The van der Waals surface area contributed by atoms with Crippen LogP contribution < -0.4 is 5.32 Å². The van der Waals surface area contributed by atoms with Gasteiger partial charge in [-0.2, -0.15) is 4.31 Å². The van der Waals surface area contributed by atoms with Gasteiger partial charge in [-0.15, -0.1) is 0 Å². The van der Waals surface area contributed by atoms with Crippen molar-refractivity contribution in [2.24, 2.45) is 0 Å². The van der Waals surface area contributed by atoms with Gasteiger partial charge in [0, 0.05) is 18.7 Å². The third-order valence-electron chi connectivity index (χ3n) is 5.07. The zero-order valence-electron chi connectivity index (χ0n) is 16.2. The van der Waals surface area contributed by atoms with E-state index in [1.165, 1.54) is 33.3 Å². The Morgan fingerprint density at radius 1 is 1.10 bits per heavy atom. The van der Waals surface area contributed by atoms with Crippen LogP contribution in [0.3, 0.4) is 0 Å². The topological polar surface area (TPSA) is 79.4 Å². The van der Waals surface area contributed by atoms with Gasteiger partial charge in [0.05, 0.1) is 21.7 Å². The van der Waals surface area contributed by atoms with E-state index >= 15 is 0 Å². The maximum atomic E-state index is 12.7. The molecule has 0 bridgehead atoms. The highest BCUT2D eigenvalue weighted by molar-refractivity contribution is 7.89. The van der Waals surface area contributed by atoms with Crippen molar-refractivity contribution < 1.29 is 13.2 Å². The van der Waals surface area contributed by atoms with Crippen molar-refractivity contribution in [3.63, 3.8) is 0 Å². The molecule has 0 amide bonds. The average molecular weight is 430 g/mol. The lowest BCUT2D eigenvalue weighted by molar-refractivity contribution is 0.101. The molecule has 2 aromatic carbocycles. The molecule has 2 heterocycles. The fraction of sp³-hybridized carbons (Fsp3) is 0.333. The van der Waals surface area contributed by atoms with Gasteiger partial charge >= 0.3 is 0 Å². The minimum absolute atomic E-state index is 0.108. The second kappa shape index (κ2) is 8.22. The smallest absolute Gasteiger partial charge is 0.243 e. The number of nitrogens with one attached hydrogen (secondary N) is 1. The molecule has 0 unspecified atom stereocenters. The Balaban J connectivity index is 1.42. The number of aromatic nitrogens is 1. The zero-order valence-corrected chi connectivity index (χ0v) is 17.9. The van der Waals surface area contributed by atoms with E-state index in [0.717, 1.165) is 29.5 Å². The van der Waals surface area contributed by atoms with E-state index in [4.69, 9.17) is 0 Å². The molecule has 1 N–H and O–H groups in total. The van der Waals surface area contributed by atoms with Crippen LogP contribution in [0.15, 0.2) is 47.4 Å². The number of anilines is 1. The first-order valence-corrected chi connectivity index (χ1v) is 11.9. The van der Waals surface area contributed by atoms with Crippen LogP contribution in [0.2, 0.25) is 0 Å². The number of piperidine rings is 1. The number of hydrogen-bond donors (Lipinski definition) is 1. The Hall–Kier alpha value is -2.29. The molecule has 0 spiro atoms. The molecular formula is C21H23N3O3S2. The summed E-state index contributed by atoms with van der Waals surface area (Å²) in [7, 11) is -3.48.